The van der Waals surface area contributed by atoms with Crippen LogP contribution < -0.4 is 10.3 Å². The number of fused-ring (bicyclic) bond motifs is 2. The van der Waals surface area contributed by atoms with Crippen molar-refractivity contribution < 1.29 is 9.53 Å². The average molecular weight is 412 g/mol. The number of nitrogens with one attached hydrogen (secondary N) is 1. The minimum absolute atomic E-state index is 0.00921. The zero-order valence-electron chi connectivity index (χ0n) is 14.2. The highest BCUT2D eigenvalue weighted by Gasteiger charge is 2.28. The van der Waals surface area contributed by atoms with Crippen molar-refractivity contribution in [1.29, 1.82) is 5.26 Å². The van der Waals surface area contributed by atoms with Crippen LogP contribution in [-0.2, 0) is 4.79 Å². The van der Waals surface area contributed by atoms with Gasteiger partial charge >= 0.3 is 0 Å². The van der Waals surface area contributed by atoms with Crippen LogP contribution in [0.4, 0.5) is 0 Å². The number of rotatable bonds is 3. The van der Waals surface area contributed by atoms with Crippen molar-refractivity contribution in [2.45, 2.75) is 5.92 Å². The summed E-state index contributed by atoms with van der Waals surface area (Å²) in [6.45, 7) is 0.00921. The number of aromatic nitrogens is 2. The molecule has 0 fully saturated rings. The minimum atomic E-state index is -1.29. The van der Waals surface area contributed by atoms with Gasteiger partial charge in [-0.3, -0.25) is 9.59 Å². The first-order valence-electron chi connectivity index (χ1n) is 8.22. The molecule has 1 N–H and O–H groups in total. The lowest BCUT2D eigenvalue weighted by molar-refractivity contribution is -0.116. The van der Waals surface area contributed by atoms with Crippen LogP contribution in [0.15, 0.2) is 46.8 Å². The molecule has 4 rings (SSSR count). The third-order valence-corrected chi connectivity index (χ3v) is 4.82. The predicted octanol–water partition coefficient (Wildman–Crippen LogP) is 3.88. The van der Waals surface area contributed by atoms with Gasteiger partial charge in [-0.15, -0.1) is 0 Å². The Hall–Kier alpha value is -3.14. The minimum Gasteiger partial charge on any atom is -0.488 e. The maximum atomic E-state index is 12.9. The van der Waals surface area contributed by atoms with Gasteiger partial charge in [-0.25, -0.2) is 4.98 Å². The Morgan fingerprint density at radius 1 is 1.21 bits per heavy atom. The Bertz CT molecular complexity index is 1260. The molecule has 0 radical (unpaired) electrons. The van der Waals surface area contributed by atoms with Crippen molar-refractivity contribution in [3.05, 3.63) is 73.8 Å². The Balaban J connectivity index is 1.75. The fourth-order valence-electron chi connectivity index (χ4n) is 2.99. The molecule has 0 saturated carbocycles. The average Bonchev–Trinajstić information content (AvgIpc) is 2.67. The van der Waals surface area contributed by atoms with Gasteiger partial charge in [0.1, 0.15) is 18.2 Å². The number of hydrogen-bond donors (Lipinski definition) is 1. The van der Waals surface area contributed by atoms with Gasteiger partial charge in [-0.05, 0) is 42.5 Å². The second kappa shape index (κ2) is 7.12. The second-order valence-electron chi connectivity index (χ2n) is 6.18. The molecule has 1 atom stereocenters. The Labute approximate surface area is 169 Å². The maximum absolute atomic E-state index is 12.9. The van der Waals surface area contributed by atoms with Gasteiger partial charge in [0.05, 0.1) is 17.0 Å². The SMILES string of the molecule is N#CC(C(=O)C1=Cc2cc(Cl)ccc2OC1)c1nc2cc(Cl)ccc2c(=O)[nH]1. The van der Waals surface area contributed by atoms with Gasteiger partial charge in [0.2, 0.25) is 0 Å². The number of ether oxygens (including phenoxy) is 1. The van der Waals surface area contributed by atoms with Crippen LogP contribution in [0.2, 0.25) is 10.0 Å². The third kappa shape index (κ3) is 3.26. The van der Waals surface area contributed by atoms with Gasteiger partial charge in [-0.1, -0.05) is 23.2 Å². The fourth-order valence-corrected chi connectivity index (χ4v) is 3.33. The summed E-state index contributed by atoms with van der Waals surface area (Å²) in [6, 6.07) is 11.6. The normalized spacial score (nSPS) is 13.8. The molecule has 3 aromatic rings. The highest BCUT2D eigenvalue weighted by atomic mass is 35.5. The van der Waals surface area contributed by atoms with Crippen LogP contribution in [0.25, 0.3) is 17.0 Å². The summed E-state index contributed by atoms with van der Waals surface area (Å²) < 4.78 is 5.59. The topological polar surface area (TPSA) is 95.8 Å². The lowest BCUT2D eigenvalue weighted by Crippen LogP contribution is -2.24. The number of nitriles is 1. The molecule has 8 heteroatoms. The number of aromatic amines is 1. The molecular weight excluding hydrogens is 401 g/mol. The summed E-state index contributed by atoms with van der Waals surface area (Å²) in [5, 5.41) is 10.8. The number of hydrogen-bond acceptors (Lipinski definition) is 5. The molecule has 0 amide bonds. The van der Waals surface area contributed by atoms with E-state index in [-0.39, 0.29) is 18.0 Å². The van der Waals surface area contributed by atoms with Gasteiger partial charge < -0.3 is 9.72 Å². The number of ketones is 1. The molecule has 2 heterocycles. The number of halogens is 2. The van der Waals surface area contributed by atoms with Crippen molar-refractivity contribution in [3.63, 3.8) is 0 Å². The summed E-state index contributed by atoms with van der Waals surface area (Å²) in [5.41, 5.74) is 0.793. The van der Waals surface area contributed by atoms with E-state index in [0.29, 0.717) is 32.3 Å². The van der Waals surface area contributed by atoms with E-state index in [1.807, 2.05) is 6.07 Å². The van der Waals surface area contributed by atoms with Gasteiger partial charge in [0, 0.05) is 21.2 Å². The van der Waals surface area contributed by atoms with Crippen molar-refractivity contribution in [3.8, 4) is 11.8 Å². The maximum Gasteiger partial charge on any atom is 0.258 e. The lowest BCUT2D eigenvalue weighted by Gasteiger charge is -2.18. The number of carbonyl (C=O) groups excluding carboxylic acids is 1. The van der Waals surface area contributed by atoms with E-state index in [1.54, 1.807) is 30.3 Å². The van der Waals surface area contributed by atoms with E-state index in [9.17, 15) is 14.9 Å². The van der Waals surface area contributed by atoms with Crippen molar-refractivity contribution in [2.24, 2.45) is 0 Å². The summed E-state index contributed by atoms with van der Waals surface area (Å²) >= 11 is 12.0. The molecule has 0 spiro atoms. The third-order valence-electron chi connectivity index (χ3n) is 4.35. The van der Waals surface area contributed by atoms with Crippen LogP contribution in [0.1, 0.15) is 17.3 Å². The molecule has 138 valence electrons. The molecule has 1 aromatic heterocycles. The summed E-state index contributed by atoms with van der Waals surface area (Å²) in [4.78, 5) is 32.1. The van der Waals surface area contributed by atoms with Crippen LogP contribution in [0.3, 0.4) is 0 Å². The first kappa shape index (κ1) is 18.2. The number of nitrogens with zero attached hydrogens (tertiary/aromatic N) is 2. The first-order valence-corrected chi connectivity index (χ1v) is 8.98. The molecule has 1 aliphatic heterocycles. The number of carbonyl (C=O) groups is 1. The quantitative estimate of drug-likeness (QED) is 0.705. The van der Waals surface area contributed by atoms with E-state index >= 15 is 0 Å². The fraction of sp³-hybridized carbons (Fsp3) is 0.100. The molecule has 0 bridgehead atoms. The lowest BCUT2D eigenvalue weighted by atomic mass is 9.95. The second-order valence-corrected chi connectivity index (χ2v) is 7.05. The zero-order valence-corrected chi connectivity index (χ0v) is 15.7. The van der Waals surface area contributed by atoms with E-state index in [1.165, 1.54) is 12.1 Å². The van der Waals surface area contributed by atoms with Gasteiger partial charge in [0.15, 0.2) is 11.7 Å². The van der Waals surface area contributed by atoms with Crippen molar-refractivity contribution in [2.75, 3.05) is 6.61 Å². The molecule has 6 nitrogen and oxygen atoms in total. The Morgan fingerprint density at radius 3 is 2.75 bits per heavy atom. The molecule has 2 aromatic carbocycles. The first-order chi connectivity index (χ1) is 13.5. The van der Waals surface area contributed by atoms with Crippen LogP contribution >= 0.6 is 23.2 Å². The van der Waals surface area contributed by atoms with Crippen LogP contribution in [0.5, 0.6) is 5.75 Å². The number of benzene rings is 2. The molecule has 28 heavy (non-hydrogen) atoms. The summed E-state index contributed by atoms with van der Waals surface area (Å²) in [6.07, 6.45) is 1.63. The highest BCUT2D eigenvalue weighted by molar-refractivity contribution is 6.31. The van der Waals surface area contributed by atoms with E-state index < -0.39 is 17.3 Å². The molecule has 0 saturated heterocycles. The highest BCUT2D eigenvalue weighted by Crippen LogP contribution is 2.31. The predicted molar refractivity (Wildman–Crippen MR) is 106 cm³/mol. The monoisotopic (exact) mass is 411 g/mol. The molecular formula is C20H11Cl2N3O3. The number of H-pyrrole nitrogens is 1. The van der Waals surface area contributed by atoms with Crippen molar-refractivity contribution in [1.82, 2.24) is 9.97 Å². The Kier molecular flexibility index (Phi) is 4.63. The van der Waals surface area contributed by atoms with E-state index in [2.05, 4.69) is 9.97 Å². The van der Waals surface area contributed by atoms with Crippen molar-refractivity contribution >= 4 is 46.0 Å². The molecule has 1 unspecified atom stereocenters. The smallest absolute Gasteiger partial charge is 0.258 e. The Morgan fingerprint density at radius 2 is 1.96 bits per heavy atom. The van der Waals surface area contributed by atoms with E-state index in [0.717, 1.165) is 0 Å². The van der Waals surface area contributed by atoms with E-state index in [4.69, 9.17) is 27.9 Å². The van der Waals surface area contributed by atoms with Crippen LogP contribution in [0, 0.1) is 11.3 Å². The molecule has 0 aliphatic carbocycles. The number of Topliss-reactive ketones (excluding diaryl/α,β-unsaturated/α-hetero) is 1. The summed E-state index contributed by atoms with van der Waals surface area (Å²) in [5.74, 6) is -1.23. The standard InChI is InChI=1S/C20H11Cl2N3O3/c21-12-2-4-17-10(6-12)5-11(9-28-17)18(26)15(8-23)19-24-16-7-13(22)1-3-14(16)20(27)25-19/h1-7,15H,9H2,(H,24,25,27). The van der Waals surface area contributed by atoms with Crippen LogP contribution in [-0.4, -0.2) is 22.4 Å². The zero-order chi connectivity index (χ0) is 19.8. The molecule has 1 aliphatic rings. The summed E-state index contributed by atoms with van der Waals surface area (Å²) in [7, 11) is 0. The van der Waals surface area contributed by atoms with Gasteiger partial charge in [0.25, 0.3) is 5.56 Å². The largest absolute Gasteiger partial charge is 0.488 e. The van der Waals surface area contributed by atoms with Gasteiger partial charge in [-0.2, -0.15) is 5.26 Å².